The molecule has 0 heterocycles. The number of rotatable bonds is 8. The van der Waals surface area contributed by atoms with Gasteiger partial charge in [-0.05, 0) is 42.5 Å². The lowest BCUT2D eigenvalue weighted by molar-refractivity contribution is 0.102. The molecule has 246 valence electrons. The fraction of sp³-hybridized carbons (Fsp3) is 0. The van der Waals surface area contributed by atoms with Gasteiger partial charge in [-0.15, -0.1) is 0 Å². The third kappa shape index (κ3) is 6.58. The van der Waals surface area contributed by atoms with Gasteiger partial charge >= 0.3 is 0 Å². The highest BCUT2D eigenvalue weighted by Crippen LogP contribution is 2.35. The number of ether oxygens (including phenoxy) is 2. The maximum absolute atomic E-state index is 14.0. The number of halogens is 10. The molecule has 16 heteroatoms. The van der Waals surface area contributed by atoms with Gasteiger partial charge in [0.25, 0.3) is 11.8 Å². The summed E-state index contributed by atoms with van der Waals surface area (Å²) in [5, 5.41) is 4.82. The van der Waals surface area contributed by atoms with E-state index in [9.17, 15) is 53.5 Å². The number of hydrogen-bond donors (Lipinski definition) is 2. The second-order valence-corrected chi connectivity index (χ2v) is 9.55. The average Bonchev–Trinajstić information content (AvgIpc) is 3.09. The van der Waals surface area contributed by atoms with Gasteiger partial charge in [-0.2, -0.15) is 17.6 Å². The van der Waals surface area contributed by atoms with E-state index in [4.69, 9.17) is 9.47 Å². The summed E-state index contributed by atoms with van der Waals surface area (Å²) in [5.74, 6) is -28.0. The molecule has 0 aromatic heterocycles. The molecule has 0 saturated carbocycles. The number of amides is 2. The summed E-state index contributed by atoms with van der Waals surface area (Å²) in [6.45, 7) is 0. The molecular weight excluding hydrogens is 666 g/mol. The minimum atomic E-state index is -2.37. The van der Waals surface area contributed by atoms with Crippen molar-refractivity contribution in [1.29, 1.82) is 0 Å². The largest absolute Gasteiger partial charge is 0.451 e. The van der Waals surface area contributed by atoms with E-state index in [0.29, 0.717) is 0 Å². The fourth-order valence-corrected chi connectivity index (χ4v) is 4.07. The number of anilines is 2. The fourth-order valence-electron chi connectivity index (χ4n) is 4.07. The molecule has 0 aliphatic rings. The first-order valence-electron chi connectivity index (χ1n) is 13.1. The topological polar surface area (TPSA) is 76.7 Å². The first-order valence-corrected chi connectivity index (χ1v) is 13.1. The zero-order valence-electron chi connectivity index (χ0n) is 23.3. The molecule has 0 radical (unpaired) electrons. The standard InChI is InChI=1S/C32H14F10N2O4/c33-19-21(35)25(39)29(26(40)22(19)36)47-17-8-2-6-15(11-17)43-31(45)13-4-1-5-14(10-13)32(46)44-16-7-3-9-18(12-16)48-30-27(41)23(37)20(34)24(38)28(30)42/h1-12H,(H,43,45)(H,44,46). The zero-order chi connectivity index (χ0) is 34.9. The van der Waals surface area contributed by atoms with Crippen LogP contribution in [0.15, 0.2) is 72.8 Å². The highest BCUT2D eigenvalue weighted by Gasteiger charge is 2.29. The summed E-state index contributed by atoms with van der Waals surface area (Å²) in [6.07, 6.45) is 0. The van der Waals surface area contributed by atoms with Crippen LogP contribution in [0.4, 0.5) is 55.3 Å². The molecule has 2 amide bonds. The predicted octanol–water partition coefficient (Wildman–Crippen LogP) is 9.17. The Bertz CT molecular complexity index is 1910. The maximum Gasteiger partial charge on any atom is 0.255 e. The Morgan fingerprint density at radius 2 is 0.729 bits per heavy atom. The Balaban J connectivity index is 1.29. The van der Waals surface area contributed by atoms with Crippen molar-refractivity contribution in [3.8, 4) is 23.0 Å². The molecule has 0 bridgehead atoms. The third-order valence-corrected chi connectivity index (χ3v) is 6.35. The van der Waals surface area contributed by atoms with E-state index >= 15 is 0 Å². The summed E-state index contributed by atoms with van der Waals surface area (Å²) in [7, 11) is 0. The monoisotopic (exact) mass is 680 g/mol. The van der Waals surface area contributed by atoms with Crippen molar-refractivity contribution in [2.24, 2.45) is 0 Å². The first-order chi connectivity index (χ1) is 22.8. The molecule has 0 aliphatic heterocycles. The number of benzene rings is 5. The van der Waals surface area contributed by atoms with Crippen LogP contribution in [0.5, 0.6) is 23.0 Å². The van der Waals surface area contributed by atoms with Crippen LogP contribution >= 0.6 is 0 Å². The summed E-state index contributed by atoms with van der Waals surface area (Å²) in [6, 6.07) is 14.5. The van der Waals surface area contributed by atoms with Gasteiger partial charge in [0.2, 0.25) is 69.7 Å². The van der Waals surface area contributed by atoms with E-state index in [-0.39, 0.29) is 22.5 Å². The van der Waals surface area contributed by atoms with E-state index in [2.05, 4.69) is 10.6 Å². The van der Waals surface area contributed by atoms with Crippen molar-refractivity contribution in [2.75, 3.05) is 10.6 Å². The zero-order valence-corrected chi connectivity index (χ0v) is 23.3. The quantitative estimate of drug-likeness (QED) is 0.0974. The molecular formula is C32H14F10N2O4. The minimum absolute atomic E-state index is 0.0400. The van der Waals surface area contributed by atoms with Gasteiger partial charge in [-0.1, -0.05) is 18.2 Å². The number of hydrogen-bond acceptors (Lipinski definition) is 4. The molecule has 0 atom stereocenters. The van der Waals surface area contributed by atoms with Crippen LogP contribution in [-0.2, 0) is 0 Å². The summed E-state index contributed by atoms with van der Waals surface area (Å²) in [4.78, 5) is 25.8. The Morgan fingerprint density at radius 3 is 1.08 bits per heavy atom. The summed E-state index contributed by atoms with van der Waals surface area (Å²) < 4.78 is 147. The molecule has 0 fully saturated rings. The first kappa shape index (κ1) is 33.3. The van der Waals surface area contributed by atoms with Crippen LogP contribution in [0, 0.1) is 58.2 Å². The lowest BCUT2D eigenvalue weighted by atomic mass is 10.1. The van der Waals surface area contributed by atoms with Crippen LogP contribution in [0.3, 0.4) is 0 Å². The Morgan fingerprint density at radius 1 is 0.417 bits per heavy atom. The van der Waals surface area contributed by atoms with Crippen LogP contribution < -0.4 is 20.1 Å². The molecule has 6 nitrogen and oxygen atoms in total. The van der Waals surface area contributed by atoms with Crippen molar-refractivity contribution in [3.05, 3.63) is 142 Å². The van der Waals surface area contributed by atoms with Crippen molar-refractivity contribution >= 4 is 23.2 Å². The van der Waals surface area contributed by atoms with Crippen molar-refractivity contribution in [3.63, 3.8) is 0 Å². The molecule has 5 aromatic carbocycles. The SMILES string of the molecule is O=C(Nc1cccc(Oc2c(F)c(F)c(F)c(F)c2F)c1)c1cccc(C(=O)Nc2cccc(Oc3c(F)c(F)c(F)c(F)c3F)c2)c1. The van der Waals surface area contributed by atoms with Crippen LogP contribution in [-0.4, -0.2) is 11.8 Å². The second kappa shape index (κ2) is 13.4. The van der Waals surface area contributed by atoms with E-state index in [0.717, 1.165) is 30.3 Å². The van der Waals surface area contributed by atoms with E-state index in [1.165, 1.54) is 42.5 Å². The van der Waals surface area contributed by atoms with Gasteiger partial charge in [-0.25, -0.2) is 26.3 Å². The number of carbonyl (C=O) groups is 2. The van der Waals surface area contributed by atoms with Gasteiger partial charge in [0.1, 0.15) is 11.5 Å². The number of carbonyl (C=O) groups excluding carboxylic acids is 2. The molecule has 5 aromatic rings. The molecule has 48 heavy (non-hydrogen) atoms. The van der Waals surface area contributed by atoms with Gasteiger partial charge in [0.15, 0.2) is 0 Å². The highest BCUT2D eigenvalue weighted by molar-refractivity contribution is 6.08. The average molecular weight is 680 g/mol. The molecule has 0 aliphatic carbocycles. The van der Waals surface area contributed by atoms with Crippen molar-refractivity contribution in [1.82, 2.24) is 0 Å². The second-order valence-electron chi connectivity index (χ2n) is 9.55. The maximum atomic E-state index is 14.0. The molecule has 5 rings (SSSR count). The third-order valence-electron chi connectivity index (χ3n) is 6.35. The Hall–Kier alpha value is -6.06. The predicted molar refractivity (Wildman–Crippen MR) is 148 cm³/mol. The molecule has 0 unspecified atom stereocenters. The van der Waals surface area contributed by atoms with Crippen LogP contribution in [0.25, 0.3) is 0 Å². The summed E-state index contributed by atoms with van der Waals surface area (Å²) >= 11 is 0. The smallest absolute Gasteiger partial charge is 0.255 e. The summed E-state index contributed by atoms with van der Waals surface area (Å²) in [5.41, 5.74) is -0.252. The lowest BCUT2D eigenvalue weighted by Gasteiger charge is -2.12. The Labute approximate surface area is 262 Å². The lowest BCUT2D eigenvalue weighted by Crippen LogP contribution is -2.15. The minimum Gasteiger partial charge on any atom is -0.451 e. The number of nitrogens with one attached hydrogen (secondary N) is 2. The highest BCUT2D eigenvalue weighted by atomic mass is 19.2. The van der Waals surface area contributed by atoms with Gasteiger partial charge < -0.3 is 20.1 Å². The van der Waals surface area contributed by atoms with E-state index in [1.807, 2.05) is 0 Å². The Kier molecular flexibility index (Phi) is 9.26. The van der Waals surface area contributed by atoms with Gasteiger partial charge in [-0.3, -0.25) is 9.59 Å². The normalized spacial score (nSPS) is 10.9. The van der Waals surface area contributed by atoms with E-state index < -0.39 is 93.0 Å². The van der Waals surface area contributed by atoms with Crippen molar-refractivity contribution < 1.29 is 63.0 Å². The van der Waals surface area contributed by atoms with Crippen molar-refractivity contribution in [2.45, 2.75) is 0 Å². The van der Waals surface area contributed by atoms with Gasteiger partial charge in [0.05, 0.1) is 0 Å². The van der Waals surface area contributed by atoms with Crippen LogP contribution in [0.1, 0.15) is 20.7 Å². The van der Waals surface area contributed by atoms with Gasteiger partial charge in [0, 0.05) is 34.6 Å². The van der Waals surface area contributed by atoms with Crippen LogP contribution in [0.2, 0.25) is 0 Å². The molecule has 0 spiro atoms. The van der Waals surface area contributed by atoms with E-state index in [1.54, 1.807) is 0 Å². The molecule has 2 N–H and O–H groups in total. The molecule has 0 saturated heterocycles.